The van der Waals surface area contributed by atoms with Crippen LogP contribution in [0, 0.1) is 0 Å². The van der Waals surface area contributed by atoms with E-state index in [-0.39, 0.29) is 11.1 Å². The highest BCUT2D eigenvalue weighted by molar-refractivity contribution is 7.89. The molecule has 1 aliphatic rings. The molecule has 1 aliphatic carbocycles. The maximum absolute atomic E-state index is 12.5. The van der Waals surface area contributed by atoms with Crippen LogP contribution in [0.25, 0.3) is 0 Å². The Kier molecular flexibility index (Phi) is 4.34. The van der Waals surface area contributed by atoms with Crippen molar-refractivity contribution in [3.8, 4) is 0 Å². The number of pyridine rings is 1. The third-order valence-electron chi connectivity index (χ3n) is 3.01. The first-order valence-corrected chi connectivity index (χ1v) is 7.76. The molecule has 0 aliphatic heterocycles. The minimum atomic E-state index is -3.50. The molecule has 19 heavy (non-hydrogen) atoms. The molecule has 0 spiro atoms. The van der Waals surface area contributed by atoms with Gasteiger partial charge in [-0.2, -0.15) is 4.31 Å². The van der Waals surface area contributed by atoms with Gasteiger partial charge >= 0.3 is 0 Å². The number of nitrogens with zero attached hydrogens (tertiary/aromatic N) is 2. The van der Waals surface area contributed by atoms with Crippen LogP contribution in [0.15, 0.2) is 36.0 Å². The predicted octanol–water partition coefficient (Wildman–Crippen LogP) is 1.14. The molecule has 1 N–H and O–H groups in total. The standard InChI is InChI=1S/C13H19N3O2S/c1-3-8-16(12-5-6-12)19(17,18)13-7-4-11(9-14-2)10-15-13/h3-4,7,10,12,14H,1,5-6,8-9H2,2H3. The van der Waals surface area contributed by atoms with Gasteiger partial charge in [0.05, 0.1) is 0 Å². The van der Waals surface area contributed by atoms with E-state index in [0.717, 1.165) is 18.4 Å². The third kappa shape index (κ3) is 3.20. The van der Waals surface area contributed by atoms with Crippen LogP contribution >= 0.6 is 0 Å². The minimum Gasteiger partial charge on any atom is -0.316 e. The van der Waals surface area contributed by atoms with Crippen LogP contribution in [0.1, 0.15) is 18.4 Å². The summed E-state index contributed by atoms with van der Waals surface area (Å²) in [5.74, 6) is 0. The maximum atomic E-state index is 12.5. The number of nitrogens with one attached hydrogen (secondary N) is 1. The zero-order valence-electron chi connectivity index (χ0n) is 11.0. The zero-order valence-corrected chi connectivity index (χ0v) is 11.9. The molecule has 2 rings (SSSR count). The van der Waals surface area contributed by atoms with Crippen molar-refractivity contribution in [2.24, 2.45) is 0 Å². The van der Waals surface area contributed by atoms with Crippen LogP contribution in [0.5, 0.6) is 0 Å². The van der Waals surface area contributed by atoms with E-state index in [0.29, 0.717) is 13.1 Å². The second-order valence-corrected chi connectivity index (χ2v) is 6.47. The largest absolute Gasteiger partial charge is 0.316 e. The predicted molar refractivity (Wildman–Crippen MR) is 74.1 cm³/mol. The summed E-state index contributed by atoms with van der Waals surface area (Å²) >= 11 is 0. The first-order valence-electron chi connectivity index (χ1n) is 6.32. The van der Waals surface area contributed by atoms with Gasteiger partial charge in [-0.1, -0.05) is 12.1 Å². The Hall–Kier alpha value is -1.24. The highest BCUT2D eigenvalue weighted by Gasteiger charge is 2.37. The molecule has 0 unspecified atom stereocenters. The molecule has 0 saturated heterocycles. The summed E-state index contributed by atoms with van der Waals surface area (Å²) in [4.78, 5) is 4.08. The highest BCUT2D eigenvalue weighted by atomic mass is 32.2. The molecule has 1 heterocycles. The Balaban J connectivity index is 2.24. The van der Waals surface area contributed by atoms with Crippen molar-refractivity contribution in [1.82, 2.24) is 14.6 Å². The second kappa shape index (κ2) is 5.81. The summed E-state index contributed by atoms with van der Waals surface area (Å²) in [5.41, 5.74) is 0.961. The molecule has 104 valence electrons. The van der Waals surface area contributed by atoms with Gasteiger partial charge in [0.1, 0.15) is 0 Å². The molecule has 1 fully saturated rings. The van der Waals surface area contributed by atoms with Crippen molar-refractivity contribution < 1.29 is 8.42 Å². The molecule has 5 nitrogen and oxygen atoms in total. The van der Waals surface area contributed by atoms with E-state index >= 15 is 0 Å². The SMILES string of the molecule is C=CCN(C1CC1)S(=O)(=O)c1ccc(CNC)cn1. The van der Waals surface area contributed by atoms with E-state index in [4.69, 9.17) is 0 Å². The highest BCUT2D eigenvalue weighted by Crippen LogP contribution is 2.31. The molecule has 1 aromatic heterocycles. The first kappa shape index (κ1) is 14.2. The van der Waals surface area contributed by atoms with Gasteiger partial charge in [-0.25, -0.2) is 13.4 Å². The van der Waals surface area contributed by atoms with Crippen LogP contribution < -0.4 is 5.32 Å². The Morgan fingerprint density at radius 2 is 2.26 bits per heavy atom. The van der Waals surface area contributed by atoms with Crippen LogP contribution in [-0.2, 0) is 16.6 Å². The lowest BCUT2D eigenvalue weighted by molar-refractivity contribution is 0.433. The lowest BCUT2D eigenvalue weighted by Crippen LogP contribution is -2.33. The number of sulfonamides is 1. The summed E-state index contributed by atoms with van der Waals surface area (Å²) < 4.78 is 26.4. The molecule has 0 bridgehead atoms. The average Bonchev–Trinajstić information content (AvgIpc) is 3.21. The van der Waals surface area contributed by atoms with Crippen LogP contribution in [-0.4, -0.2) is 37.3 Å². The van der Waals surface area contributed by atoms with Crippen LogP contribution in [0.3, 0.4) is 0 Å². The number of rotatable bonds is 7. The fourth-order valence-electron chi connectivity index (χ4n) is 1.93. The van der Waals surface area contributed by atoms with Gasteiger partial charge in [0.15, 0.2) is 5.03 Å². The van der Waals surface area contributed by atoms with E-state index in [1.54, 1.807) is 24.4 Å². The van der Waals surface area contributed by atoms with Gasteiger partial charge in [0.25, 0.3) is 10.0 Å². The van der Waals surface area contributed by atoms with E-state index in [2.05, 4.69) is 16.9 Å². The fraction of sp³-hybridized carbons (Fsp3) is 0.462. The lowest BCUT2D eigenvalue weighted by atomic mass is 10.3. The average molecular weight is 281 g/mol. The van der Waals surface area contributed by atoms with E-state index in [1.165, 1.54) is 4.31 Å². The molecule has 0 amide bonds. The Bertz CT molecular complexity index is 536. The van der Waals surface area contributed by atoms with E-state index in [9.17, 15) is 8.42 Å². The van der Waals surface area contributed by atoms with Gasteiger partial charge in [-0.15, -0.1) is 6.58 Å². The third-order valence-corrected chi connectivity index (χ3v) is 4.85. The topological polar surface area (TPSA) is 62.3 Å². The molecule has 0 aromatic carbocycles. The lowest BCUT2D eigenvalue weighted by Gasteiger charge is -2.19. The van der Waals surface area contributed by atoms with Gasteiger partial charge in [-0.3, -0.25) is 0 Å². The zero-order chi connectivity index (χ0) is 13.9. The second-order valence-electron chi connectivity index (χ2n) is 4.63. The monoisotopic (exact) mass is 281 g/mol. The summed E-state index contributed by atoms with van der Waals surface area (Å²) in [6, 6.07) is 3.47. The van der Waals surface area contributed by atoms with E-state index < -0.39 is 10.0 Å². The Labute approximate surface area is 114 Å². The van der Waals surface area contributed by atoms with Gasteiger partial charge in [0.2, 0.25) is 0 Å². The summed E-state index contributed by atoms with van der Waals surface area (Å²) in [7, 11) is -1.66. The molecule has 0 radical (unpaired) electrons. The number of hydrogen-bond donors (Lipinski definition) is 1. The smallest absolute Gasteiger partial charge is 0.261 e. The molecular weight excluding hydrogens is 262 g/mol. The summed E-state index contributed by atoms with van der Waals surface area (Å²) in [6.07, 6.45) is 5.06. The van der Waals surface area contributed by atoms with Crippen molar-refractivity contribution in [2.75, 3.05) is 13.6 Å². The van der Waals surface area contributed by atoms with E-state index in [1.807, 2.05) is 7.05 Å². The van der Waals surface area contributed by atoms with Gasteiger partial charge in [-0.05, 0) is 31.5 Å². The maximum Gasteiger partial charge on any atom is 0.261 e. The van der Waals surface area contributed by atoms with Crippen molar-refractivity contribution in [3.05, 3.63) is 36.5 Å². The Morgan fingerprint density at radius 1 is 1.53 bits per heavy atom. The first-order chi connectivity index (χ1) is 9.09. The molecule has 1 aromatic rings. The minimum absolute atomic E-state index is 0.112. The van der Waals surface area contributed by atoms with Gasteiger partial charge in [0, 0.05) is 25.3 Å². The van der Waals surface area contributed by atoms with Crippen molar-refractivity contribution in [3.63, 3.8) is 0 Å². The molecule has 6 heteroatoms. The number of hydrogen-bond acceptors (Lipinski definition) is 4. The molecular formula is C13H19N3O2S. The van der Waals surface area contributed by atoms with Crippen molar-refractivity contribution in [2.45, 2.75) is 30.5 Å². The van der Waals surface area contributed by atoms with Crippen LogP contribution in [0.2, 0.25) is 0 Å². The fourth-order valence-corrected chi connectivity index (χ4v) is 3.50. The normalized spacial score (nSPS) is 15.7. The molecule has 0 atom stereocenters. The Morgan fingerprint density at radius 3 is 2.74 bits per heavy atom. The summed E-state index contributed by atoms with van der Waals surface area (Å²) in [6.45, 7) is 4.63. The van der Waals surface area contributed by atoms with Crippen LogP contribution in [0.4, 0.5) is 0 Å². The van der Waals surface area contributed by atoms with Gasteiger partial charge < -0.3 is 5.32 Å². The van der Waals surface area contributed by atoms with Crippen molar-refractivity contribution >= 4 is 10.0 Å². The van der Waals surface area contributed by atoms with Crippen molar-refractivity contribution in [1.29, 1.82) is 0 Å². The number of aromatic nitrogens is 1. The summed E-state index contributed by atoms with van der Waals surface area (Å²) in [5, 5.41) is 3.11. The quantitative estimate of drug-likeness (QED) is 0.761. The molecule has 1 saturated carbocycles.